The van der Waals surface area contributed by atoms with Crippen molar-refractivity contribution in [1.82, 2.24) is 0 Å². The van der Waals surface area contributed by atoms with E-state index >= 15 is 0 Å². The van der Waals surface area contributed by atoms with Gasteiger partial charge in [-0.3, -0.25) is 0 Å². The maximum absolute atomic E-state index is 6.71. The number of furan rings is 1. The van der Waals surface area contributed by atoms with Crippen LogP contribution in [0, 0.1) is 0 Å². The monoisotopic (exact) mass is 740 g/mol. The van der Waals surface area contributed by atoms with Crippen LogP contribution in [0.25, 0.3) is 44.2 Å². The molecule has 0 saturated heterocycles. The SMILES string of the molecule is c1ccc(N(c2ccccc2)c2cc(N(c3ccccc3)c3ccccc3)c3c(c2)C2(c4ccccc4-c4ccccc42)c2cc4c(cc2-3)oc2ccccc24)cc1. The third kappa shape index (κ3) is 4.62. The number of fused-ring (bicyclic) bond motifs is 13. The van der Waals surface area contributed by atoms with Crippen molar-refractivity contribution in [3.8, 4) is 22.3 Å². The maximum Gasteiger partial charge on any atom is 0.136 e. The highest BCUT2D eigenvalue weighted by Crippen LogP contribution is 2.66. The Kier molecular flexibility index (Phi) is 7.14. The van der Waals surface area contributed by atoms with Crippen molar-refractivity contribution < 1.29 is 4.42 Å². The highest BCUT2D eigenvalue weighted by molar-refractivity contribution is 6.11. The number of para-hydroxylation sites is 5. The lowest BCUT2D eigenvalue weighted by Crippen LogP contribution is -2.26. The lowest BCUT2D eigenvalue weighted by molar-refractivity contribution is 0.669. The van der Waals surface area contributed by atoms with Crippen LogP contribution in [0.2, 0.25) is 0 Å². The molecule has 0 bridgehead atoms. The Morgan fingerprint density at radius 2 is 0.793 bits per heavy atom. The van der Waals surface area contributed by atoms with Gasteiger partial charge in [-0.1, -0.05) is 140 Å². The second-order valence-corrected chi connectivity index (χ2v) is 15.2. The van der Waals surface area contributed by atoms with E-state index in [1.165, 1.54) is 44.5 Å². The molecule has 12 rings (SSSR count). The van der Waals surface area contributed by atoms with Crippen molar-refractivity contribution in [2.24, 2.45) is 0 Å². The number of anilines is 6. The fourth-order valence-corrected chi connectivity index (χ4v) is 9.93. The highest BCUT2D eigenvalue weighted by atomic mass is 16.3. The molecule has 0 saturated carbocycles. The van der Waals surface area contributed by atoms with E-state index in [4.69, 9.17) is 4.42 Å². The molecule has 10 aromatic rings. The van der Waals surface area contributed by atoms with E-state index in [0.29, 0.717) is 0 Å². The minimum absolute atomic E-state index is 0.618. The Morgan fingerprint density at radius 1 is 0.310 bits per heavy atom. The average molecular weight is 741 g/mol. The molecular weight excluding hydrogens is 705 g/mol. The molecule has 3 nitrogen and oxygen atoms in total. The molecule has 0 radical (unpaired) electrons. The Balaban J connectivity index is 1.29. The topological polar surface area (TPSA) is 19.6 Å². The summed E-state index contributed by atoms with van der Waals surface area (Å²) < 4.78 is 6.71. The summed E-state index contributed by atoms with van der Waals surface area (Å²) in [7, 11) is 0. The molecule has 1 heterocycles. The number of nitrogens with zero attached hydrogens (tertiary/aromatic N) is 2. The van der Waals surface area contributed by atoms with Crippen LogP contribution in [-0.4, -0.2) is 0 Å². The van der Waals surface area contributed by atoms with Crippen LogP contribution in [-0.2, 0) is 5.41 Å². The first-order chi connectivity index (χ1) is 28.8. The minimum atomic E-state index is -0.618. The van der Waals surface area contributed by atoms with Crippen molar-refractivity contribution in [2.75, 3.05) is 9.80 Å². The Labute approximate surface area is 337 Å². The number of benzene rings is 9. The smallest absolute Gasteiger partial charge is 0.136 e. The van der Waals surface area contributed by atoms with Gasteiger partial charge >= 0.3 is 0 Å². The Bertz CT molecular complexity index is 3050. The molecule has 0 amide bonds. The van der Waals surface area contributed by atoms with Gasteiger partial charge in [0.25, 0.3) is 0 Å². The standard InChI is InChI=1S/C55H36N2O/c1-5-19-37(20-6-1)56(38-21-7-2-8-22-38)41-33-50-54(51(34-41)57(39-23-9-3-10-24-39)40-25-11-4-12-26-40)46-36-53-45(44-29-15-18-32-52(44)58-53)35-49(46)55(50)47-30-16-13-27-42(47)43-28-14-17-31-48(43)55/h1-36H. The molecule has 1 aromatic heterocycles. The van der Waals surface area contributed by atoms with Crippen LogP contribution in [0.5, 0.6) is 0 Å². The van der Waals surface area contributed by atoms with Gasteiger partial charge in [0.05, 0.1) is 11.1 Å². The summed E-state index contributed by atoms with van der Waals surface area (Å²) in [5.74, 6) is 0. The molecule has 0 fully saturated rings. The molecule has 272 valence electrons. The van der Waals surface area contributed by atoms with Crippen LogP contribution in [0.4, 0.5) is 34.1 Å². The fraction of sp³-hybridized carbons (Fsp3) is 0.0182. The summed E-state index contributed by atoms with van der Waals surface area (Å²) in [5.41, 5.74) is 17.7. The predicted octanol–water partition coefficient (Wildman–Crippen LogP) is 14.9. The third-order valence-electron chi connectivity index (χ3n) is 12.2. The minimum Gasteiger partial charge on any atom is -0.456 e. The van der Waals surface area contributed by atoms with Crippen LogP contribution in [0.15, 0.2) is 223 Å². The van der Waals surface area contributed by atoms with Gasteiger partial charge in [0.15, 0.2) is 0 Å². The molecule has 1 spiro atoms. The van der Waals surface area contributed by atoms with E-state index in [9.17, 15) is 0 Å². The van der Waals surface area contributed by atoms with E-state index in [1.54, 1.807) is 0 Å². The van der Waals surface area contributed by atoms with Crippen LogP contribution < -0.4 is 9.80 Å². The third-order valence-corrected chi connectivity index (χ3v) is 12.2. The zero-order chi connectivity index (χ0) is 38.2. The van der Waals surface area contributed by atoms with Gasteiger partial charge in [-0.2, -0.15) is 0 Å². The lowest BCUT2D eigenvalue weighted by Gasteiger charge is -2.34. The van der Waals surface area contributed by atoms with E-state index in [-0.39, 0.29) is 0 Å². The predicted molar refractivity (Wildman–Crippen MR) is 239 cm³/mol. The molecule has 0 unspecified atom stereocenters. The van der Waals surface area contributed by atoms with E-state index < -0.39 is 5.41 Å². The molecule has 2 aliphatic rings. The van der Waals surface area contributed by atoms with Gasteiger partial charge in [0, 0.05) is 44.8 Å². The highest BCUT2D eigenvalue weighted by Gasteiger charge is 2.53. The summed E-state index contributed by atoms with van der Waals surface area (Å²) in [5, 5.41) is 2.25. The van der Waals surface area contributed by atoms with Crippen LogP contribution >= 0.6 is 0 Å². The summed E-state index contributed by atoms with van der Waals surface area (Å²) in [4.78, 5) is 4.84. The van der Waals surface area contributed by atoms with Gasteiger partial charge in [-0.05, 0) is 118 Å². The first-order valence-corrected chi connectivity index (χ1v) is 19.9. The maximum atomic E-state index is 6.71. The normalized spacial score (nSPS) is 13.0. The Morgan fingerprint density at radius 3 is 1.36 bits per heavy atom. The van der Waals surface area contributed by atoms with E-state index in [1.807, 2.05) is 0 Å². The first-order valence-electron chi connectivity index (χ1n) is 19.9. The van der Waals surface area contributed by atoms with Gasteiger partial charge in [0.2, 0.25) is 0 Å². The summed E-state index contributed by atoms with van der Waals surface area (Å²) in [6.07, 6.45) is 0. The second-order valence-electron chi connectivity index (χ2n) is 15.2. The van der Waals surface area contributed by atoms with Crippen molar-refractivity contribution in [1.29, 1.82) is 0 Å². The summed E-state index contributed by atoms with van der Waals surface area (Å²) in [6.45, 7) is 0. The molecule has 0 aliphatic heterocycles. The molecule has 0 atom stereocenters. The molecule has 2 aliphatic carbocycles. The fourth-order valence-electron chi connectivity index (χ4n) is 9.93. The average Bonchev–Trinajstić information content (AvgIpc) is 3.91. The van der Waals surface area contributed by atoms with Crippen LogP contribution in [0.1, 0.15) is 22.3 Å². The quantitative estimate of drug-likeness (QED) is 0.169. The van der Waals surface area contributed by atoms with Crippen molar-refractivity contribution in [3.05, 3.63) is 241 Å². The second kappa shape index (κ2) is 12.7. The van der Waals surface area contributed by atoms with Crippen molar-refractivity contribution in [3.63, 3.8) is 0 Å². The largest absolute Gasteiger partial charge is 0.456 e. The van der Waals surface area contributed by atoms with Gasteiger partial charge < -0.3 is 14.2 Å². The summed E-state index contributed by atoms with van der Waals surface area (Å²) in [6, 6.07) is 79.2. The molecule has 3 heteroatoms. The zero-order valence-electron chi connectivity index (χ0n) is 31.6. The van der Waals surface area contributed by atoms with Gasteiger partial charge in [-0.25, -0.2) is 0 Å². The molecule has 0 N–H and O–H groups in total. The Hall–Kier alpha value is -7.62. The number of hydrogen-bond acceptors (Lipinski definition) is 3. The molecule has 9 aromatic carbocycles. The molecule has 58 heavy (non-hydrogen) atoms. The van der Waals surface area contributed by atoms with Crippen molar-refractivity contribution in [2.45, 2.75) is 5.41 Å². The zero-order valence-corrected chi connectivity index (χ0v) is 31.6. The number of rotatable bonds is 6. The molecular formula is C55H36N2O. The van der Waals surface area contributed by atoms with Crippen LogP contribution in [0.3, 0.4) is 0 Å². The van der Waals surface area contributed by atoms with Gasteiger partial charge in [-0.15, -0.1) is 0 Å². The lowest BCUT2D eigenvalue weighted by atomic mass is 9.70. The van der Waals surface area contributed by atoms with Crippen molar-refractivity contribution >= 4 is 56.1 Å². The first kappa shape index (κ1) is 32.6. The number of hydrogen-bond donors (Lipinski definition) is 0. The van der Waals surface area contributed by atoms with E-state index in [2.05, 4.69) is 228 Å². The van der Waals surface area contributed by atoms with Gasteiger partial charge in [0.1, 0.15) is 11.2 Å². The van der Waals surface area contributed by atoms with E-state index in [0.717, 1.165) is 56.1 Å². The summed E-state index contributed by atoms with van der Waals surface area (Å²) >= 11 is 0.